The van der Waals surface area contributed by atoms with Crippen molar-refractivity contribution in [1.82, 2.24) is 5.43 Å². The van der Waals surface area contributed by atoms with Gasteiger partial charge < -0.3 is 9.64 Å². The lowest BCUT2D eigenvalue weighted by Gasteiger charge is -2.18. The number of nitrogens with zero attached hydrogens (tertiary/aromatic N) is 1. The van der Waals surface area contributed by atoms with Gasteiger partial charge in [-0.1, -0.05) is 57.3 Å². The molecule has 0 spiro atoms. The second kappa shape index (κ2) is 10.5. The van der Waals surface area contributed by atoms with E-state index in [1.807, 2.05) is 36.4 Å². The second-order valence-corrected chi connectivity index (χ2v) is 9.28. The van der Waals surface area contributed by atoms with Gasteiger partial charge in [-0.05, 0) is 48.5 Å². The third-order valence-corrected chi connectivity index (χ3v) is 6.36. The highest BCUT2D eigenvalue weighted by atomic mass is 79.9. The molecule has 1 heterocycles. The Bertz CT molecular complexity index is 1170. The van der Waals surface area contributed by atoms with Crippen LogP contribution in [0.15, 0.2) is 71.2 Å². The third-order valence-electron chi connectivity index (χ3n) is 5.24. The minimum Gasteiger partial charge on any atom is -0.487 e. The summed E-state index contributed by atoms with van der Waals surface area (Å²) in [6.45, 7) is 0.559. The average Bonchev–Trinajstić information content (AvgIpc) is 3.19. The Morgan fingerprint density at radius 1 is 1.09 bits per heavy atom. The van der Waals surface area contributed by atoms with Crippen molar-refractivity contribution in [2.45, 2.75) is 13.0 Å². The average molecular weight is 549 g/mol. The van der Waals surface area contributed by atoms with Gasteiger partial charge in [-0.2, -0.15) is 0 Å². The summed E-state index contributed by atoms with van der Waals surface area (Å²) < 4.78 is 6.82. The zero-order valence-electron chi connectivity index (χ0n) is 17.4. The number of carbonyl (C=O) groups excluding carboxylic acids is 2. The van der Waals surface area contributed by atoms with E-state index in [9.17, 15) is 9.59 Å². The van der Waals surface area contributed by atoms with Crippen molar-refractivity contribution in [3.8, 4) is 5.75 Å². The third kappa shape index (κ3) is 5.79. The van der Waals surface area contributed by atoms with E-state index in [0.29, 0.717) is 28.0 Å². The maximum atomic E-state index is 12.7. The molecule has 0 unspecified atom stereocenters. The fraction of sp³-hybridized carbons (Fsp3) is 0.167. The van der Waals surface area contributed by atoms with E-state index in [-0.39, 0.29) is 24.8 Å². The van der Waals surface area contributed by atoms with Crippen LogP contribution in [0.4, 0.5) is 11.4 Å². The maximum absolute atomic E-state index is 12.7. The highest BCUT2D eigenvalue weighted by Crippen LogP contribution is 2.28. The van der Waals surface area contributed by atoms with E-state index in [1.165, 1.54) is 0 Å². The normalized spacial score (nSPS) is 15.4. The molecule has 4 rings (SSSR count). The van der Waals surface area contributed by atoms with Crippen LogP contribution in [-0.4, -0.2) is 18.4 Å². The molecule has 1 aliphatic rings. The lowest BCUT2D eigenvalue weighted by Crippen LogP contribution is -2.36. The molecule has 3 aromatic rings. The number of hydrazine groups is 1. The molecule has 0 aliphatic carbocycles. The first-order valence-corrected chi connectivity index (χ1v) is 11.7. The van der Waals surface area contributed by atoms with Crippen LogP contribution in [0.25, 0.3) is 0 Å². The molecule has 0 radical (unpaired) electrons. The number of carbonyl (C=O) groups is 2. The number of amides is 2. The molecular formula is C24H20BrCl2N3O3. The fourth-order valence-electron chi connectivity index (χ4n) is 3.47. The summed E-state index contributed by atoms with van der Waals surface area (Å²) in [6, 6.07) is 19.9. The van der Waals surface area contributed by atoms with Crippen LogP contribution in [0, 0.1) is 5.92 Å². The molecule has 1 atom stereocenters. The molecule has 1 saturated heterocycles. The quantitative estimate of drug-likeness (QED) is 0.364. The summed E-state index contributed by atoms with van der Waals surface area (Å²) >= 11 is 15.5. The van der Waals surface area contributed by atoms with Crippen molar-refractivity contribution in [3.05, 3.63) is 86.8 Å². The van der Waals surface area contributed by atoms with E-state index < -0.39 is 5.92 Å². The lowest BCUT2D eigenvalue weighted by molar-refractivity contribution is -0.125. The second-order valence-electron chi connectivity index (χ2n) is 7.52. The first kappa shape index (κ1) is 23.4. The Morgan fingerprint density at radius 3 is 2.61 bits per heavy atom. The van der Waals surface area contributed by atoms with Gasteiger partial charge in [-0.3, -0.25) is 20.4 Å². The smallest absolute Gasteiger partial charge is 0.243 e. The number of rotatable bonds is 7. The number of nitrogens with one attached hydrogen (secondary N) is 2. The van der Waals surface area contributed by atoms with E-state index >= 15 is 0 Å². The molecule has 2 N–H and O–H groups in total. The van der Waals surface area contributed by atoms with Crippen LogP contribution in [0.3, 0.4) is 0 Å². The van der Waals surface area contributed by atoms with Crippen molar-refractivity contribution >= 4 is 62.3 Å². The van der Waals surface area contributed by atoms with Crippen molar-refractivity contribution in [2.75, 3.05) is 16.9 Å². The minimum atomic E-state index is -0.463. The Balaban J connectivity index is 1.36. The number of anilines is 2. The predicted octanol–water partition coefficient (Wildman–Crippen LogP) is 5.83. The molecular weight excluding hydrogens is 529 g/mol. The van der Waals surface area contributed by atoms with Crippen LogP contribution < -0.4 is 20.5 Å². The van der Waals surface area contributed by atoms with Gasteiger partial charge in [0.2, 0.25) is 11.8 Å². The maximum Gasteiger partial charge on any atom is 0.243 e. The molecule has 6 nitrogen and oxygen atoms in total. The summed E-state index contributed by atoms with van der Waals surface area (Å²) in [4.78, 5) is 26.8. The summed E-state index contributed by atoms with van der Waals surface area (Å²) in [5.74, 6) is -0.267. The van der Waals surface area contributed by atoms with Gasteiger partial charge in [-0.25, -0.2) is 0 Å². The van der Waals surface area contributed by atoms with E-state index in [4.69, 9.17) is 27.9 Å². The number of benzene rings is 3. The molecule has 3 aromatic carbocycles. The van der Waals surface area contributed by atoms with Gasteiger partial charge >= 0.3 is 0 Å². The first-order chi connectivity index (χ1) is 15.9. The summed E-state index contributed by atoms with van der Waals surface area (Å²) in [6.07, 6.45) is 0.150. The molecule has 9 heteroatoms. The van der Waals surface area contributed by atoms with Gasteiger partial charge in [-0.15, -0.1) is 0 Å². The zero-order chi connectivity index (χ0) is 23.4. The van der Waals surface area contributed by atoms with Crippen LogP contribution in [0.5, 0.6) is 5.75 Å². The van der Waals surface area contributed by atoms with Gasteiger partial charge in [0.1, 0.15) is 12.4 Å². The van der Waals surface area contributed by atoms with Gasteiger partial charge in [0, 0.05) is 38.7 Å². The molecule has 33 heavy (non-hydrogen) atoms. The number of hydrogen-bond donors (Lipinski definition) is 2. The molecule has 170 valence electrons. The summed E-state index contributed by atoms with van der Waals surface area (Å²) in [5, 5.41) is 1.07. The van der Waals surface area contributed by atoms with Crippen molar-refractivity contribution in [3.63, 3.8) is 0 Å². The predicted molar refractivity (Wildman–Crippen MR) is 134 cm³/mol. The molecule has 0 saturated carbocycles. The fourth-order valence-corrected chi connectivity index (χ4v) is 4.20. The van der Waals surface area contributed by atoms with Crippen molar-refractivity contribution in [2.24, 2.45) is 5.92 Å². The van der Waals surface area contributed by atoms with Crippen molar-refractivity contribution < 1.29 is 14.3 Å². The monoisotopic (exact) mass is 547 g/mol. The Labute approximate surface area is 209 Å². The van der Waals surface area contributed by atoms with Crippen LogP contribution in [0.2, 0.25) is 10.0 Å². The van der Waals surface area contributed by atoms with E-state index in [2.05, 4.69) is 26.8 Å². The van der Waals surface area contributed by atoms with Crippen LogP contribution in [-0.2, 0) is 16.2 Å². The van der Waals surface area contributed by atoms with E-state index in [0.717, 1.165) is 15.7 Å². The van der Waals surface area contributed by atoms with E-state index in [1.54, 1.807) is 35.2 Å². The highest BCUT2D eigenvalue weighted by Gasteiger charge is 2.35. The molecule has 0 aromatic heterocycles. The van der Waals surface area contributed by atoms with Crippen LogP contribution in [0.1, 0.15) is 12.0 Å². The van der Waals surface area contributed by atoms with Gasteiger partial charge in [0.25, 0.3) is 0 Å². The topological polar surface area (TPSA) is 70.7 Å². The summed E-state index contributed by atoms with van der Waals surface area (Å²) in [7, 11) is 0. The minimum absolute atomic E-state index is 0.0824. The zero-order valence-corrected chi connectivity index (χ0v) is 20.5. The number of hydrogen-bond acceptors (Lipinski definition) is 4. The van der Waals surface area contributed by atoms with Crippen LogP contribution >= 0.6 is 39.1 Å². The number of ether oxygens (including phenoxy) is 1. The SMILES string of the molecule is O=C(NNc1ccccc1OCc1ccc(Cl)cc1Cl)[C@@H]1CC(=O)N(c2ccc(Br)cc2)C1. The first-order valence-electron chi connectivity index (χ1n) is 10.2. The van der Waals surface area contributed by atoms with Gasteiger partial charge in [0.15, 0.2) is 0 Å². The Morgan fingerprint density at radius 2 is 1.85 bits per heavy atom. The van der Waals surface area contributed by atoms with Gasteiger partial charge in [0.05, 0.1) is 11.6 Å². The molecule has 2 amide bonds. The number of para-hydroxylation sites is 2. The summed E-state index contributed by atoms with van der Waals surface area (Å²) in [5.41, 5.74) is 7.76. The largest absolute Gasteiger partial charge is 0.487 e. The molecule has 0 bridgehead atoms. The highest BCUT2D eigenvalue weighted by molar-refractivity contribution is 9.10. The number of halogens is 3. The Hall–Kier alpha value is -2.74. The van der Waals surface area contributed by atoms with Crippen molar-refractivity contribution in [1.29, 1.82) is 0 Å². The Kier molecular flexibility index (Phi) is 7.42. The standard InChI is InChI=1S/C24H20BrCl2N3O3/c25-17-6-9-19(10-7-17)30-13-16(11-23(30)31)24(32)29-28-21-3-1-2-4-22(21)33-14-15-5-8-18(26)12-20(15)27/h1-10,12,16,28H,11,13-14H2,(H,29,32)/t16-/m1/s1. The molecule has 1 aliphatic heterocycles. The molecule has 1 fully saturated rings. The lowest BCUT2D eigenvalue weighted by atomic mass is 10.1.